The molecule has 1 aromatic carbocycles. The molecule has 11 heteroatoms. The van der Waals surface area contributed by atoms with Gasteiger partial charge in [0.15, 0.2) is 5.96 Å². The second-order valence-corrected chi connectivity index (χ2v) is 9.64. The summed E-state index contributed by atoms with van der Waals surface area (Å²) in [4.78, 5) is 44.0. The molecule has 0 radical (unpaired) electrons. The van der Waals surface area contributed by atoms with Crippen LogP contribution in [0.15, 0.2) is 39.8 Å². The maximum Gasteiger partial charge on any atom is 0.243 e. The summed E-state index contributed by atoms with van der Waals surface area (Å²) in [5.41, 5.74) is 13.6. The first-order valence-electron chi connectivity index (χ1n) is 13.1. The van der Waals surface area contributed by atoms with Crippen molar-refractivity contribution in [3.8, 4) is 0 Å². The fourth-order valence-corrected chi connectivity index (χ4v) is 4.80. The fraction of sp³-hybridized carbons (Fsp3) is 0.519. The van der Waals surface area contributed by atoms with Gasteiger partial charge < -0.3 is 36.3 Å². The summed E-state index contributed by atoms with van der Waals surface area (Å²) in [6.45, 7) is 5.20. The number of rotatable bonds is 14. The first-order valence-corrected chi connectivity index (χ1v) is 13.1. The first kappa shape index (κ1) is 28.8. The highest BCUT2D eigenvalue weighted by Gasteiger charge is 2.37. The largest absolute Gasteiger partial charge is 0.370 e. The van der Waals surface area contributed by atoms with Crippen molar-refractivity contribution >= 4 is 24.1 Å². The Bertz CT molecular complexity index is 1080. The van der Waals surface area contributed by atoms with Gasteiger partial charge in [-0.05, 0) is 57.9 Å². The van der Waals surface area contributed by atoms with E-state index in [0.717, 1.165) is 29.0 Å². The molecule has 1 aromatic heterocycles. The number of aliphatic imine (C=N–C) groups is 1. The number of aldehydes is 1. The molecule has 0 saturated carbocycles. The average Bonchev–Trinajstić information content (AvgIpc) is 3.52. The molecule has 6 N–H and O–H groups in total. The van der Waals surface area contributed by atoms with Crippen LogP contribution in [-0.4, -0.2) is 71.9 Å². The average molecular weight is 526 g/mol. The van der Waals surface area contributed by atoms with E-state index in [1.54, 1.807) is 4.90 Å². The first-order chi connectivity index (χ1) is 18.3. The van der Waals surface area contributed by atoms with Crippen molar-refractivity contribution in [1.29, 1.82) is 0 Å². The number of carbonyl (C=O) groups is 3. The molecule has 0 spiro atoms. The Morgan fingerprint density at radius 2 is 2.03 bits per heavy atom. The van der Waals surface area contributed by atoms with E-state index >= 15 is 0 Å². The molecule has 1 fully saturated rings. The quantitative estimate of drug-likeness (QED) is 0.121. The molecular formula is C27H39N7O4. The van der Waals surface area contributed by atoms with Crippen LogP contribution in [0.2, 0.25) is 0 Å². The summed E-state index contributed by atoms with van der Waals surface area (Å²) in [6, 6.07) is 8.01. The zero-order valence-corrected chi connectivity index (χ0v) is 22.2. The Morgan fingerprint density at radius 1 is 1.26 bits per heavy atom. The Balaban J connectivity index is 1.65. The maximum atomic E-state index is 13.8. The zero-order valence-electron chi connectivity index (χ0n) is 22.2. The molecule has 3 atom stereocenters. The number of amides is 2. The minimum absolute atomic E-state index is 0.0119. The molecule has 1 saturated heterocycles. The topological polar surface area (TPSA) is 169 Å². The van der Waals surface area contributed by atoms with Crippen molar-refractivity contribution in [3.63, 3.8) is 0 Å². The molecule has 0 bridgehead atoms. The third-order valence-corrected chi connectivity index (χ3v) is 6.83. The van der Waals surface area contributed by atoms with Gasteiger partial charge in [-0.15, -0.1) is 0 Å². The molecule has 2 heterocycles. The summed E-state index contributed by atoms with van der Waals surface area (Å²) < 4.78 is 5.26. The summed E-state index contributed by atoms with van der Waals surface area (Å²) in [7, 11) is 0. The normalized spacial score (nSPS) is 16.6. The molecule has 2 aromatic rings. The van der Waals surface area contributed by atoms with Crippen LogP contribution >= 0.6 is 0 Å². The van der Waals surface area contributed by atoms with E-state index in [0.29, 0.717) is 58.0 Å². The monoisotopic (exact) mass is 525 g/mol. The van der Waals surface area contributed by atoms with Gasteiger partial charge in [0.1, 0.15) is 18.1 Å². The van der Waals surface area contributed by atoms with Gasteiger partial charge in [0.25, 0.3) is 0 Å². The summed E-state index contributed by atoms with van der Waals surface area (Å²) >= 11 is 0. The highest BCUT2D eigenvalue weighted by molar-refractivity contribution is 5.91. The van der Waals surface area contributed by atoms with E-state index in [1.807, 2.05) is 44.2 Å². The van der Waals surface area contributed by atoms with E-state index in [1.165, 1.54) is 0 Å². The molecule has 38 heavy (non-hydrogen) atoms. The number of hydrogen-bond donors (Lipinski definition) is 4. The Hall–Kier alpha value is -3.73. The van der Waals surface area contributed by atoms with E-state index in [4.69, 9.17) is 16.0 Å². The lowest BCUT2D eigenvalue weighted by Gasteiger charge is -2.29. The van der Waals surface area contributed by atoms with Crippen LogP contribution < -0.4 is 22.1 Å². The van der Waals surface area contributed by atoms with Gasteiger partial charge in [0, 0.05) is 25.2 Å². The molecule has 1 aliphatic heterocycles. The van der Waals surface area contributed by atoms with E-state index in [9.17, 15) is 14.4 Å². The van der Waals surface area contributed by atoms with Crippen LogP contribution in [0, 0.1) is 13.8 Å². The van der Waals surface area contributed by atoms with Crippen LogP contribution in [0.5, 0.6) is 0 Å². The number of aromatic nitrogens is 1. The Labute approximate surface area is 223 Å². The van der Waals surface area contributed by atoms with Crippen molar-refractivity contribution in [2.24, 2.45) is 16.5 Å². The van der Waals surface area contributed by atoms with Crippen LogP contribution in [0.3, 0.4) is 0 Å². The number of nitrogens with two attached hydrogens (primary N) is 2. The lowest BCUT2D eigenvalue weighted by molar-refractivity contribution is -0.140. The van der Waals surface area contributed by atoms with Gasteiger partial charge in [-0.3, -0.25) is 14.6 Å². The van der Waals surface area contributed by atoms with Crippen molar-refractivity contribution in [2.75, 3.05) is 19.6 Å². The Kier molecular flexibility index (Phi) is 10.8. The number of likely N-dealkylation sites (tertiary alicyclic amines) is 1. The molecule has 206 valence electrons. The number of carbonyl (C=O) groups excluding carboxylic acids is 3. The zero-order chi connectivity index (χ0) is 27.5. The number of aryl methyl sites for hydroxylation is 2. The number of benzene rings is 1. The van der Waals surface area contributed by atoms with Crippen molar-refractivity contribution in [2.45, 2.75) is 70.5 Å². The second kappa shape index (κ2) is 14.3. The summed E-state index contributed by atoms with van der Waals surface area (Å²) in [5.74, 6) is 0.321. The predicted molar refractivity (Wildman–Crippen MR) is 144 cm³/mol. The van der Waals surface area contributed by atoms with Gasteiger partial charge in [-0.1, -0.05) is 35.5 Å². The van der Waals surface area contributed by atoms with Crippen LogP contribution in [0.4, 0.5) is 0 Å². The lowest BCUT2D eigenvalue weighted by Crippen LogP contribution is -2.54. The molecule has 0 unspecified atom stereocenters. The van der Waals surface area contributed by atoms with Crippen molar-refractivity contribution in [3.05, 3.63) is 52.9 Å². The summed E-state index contributed by atoms with van der Waals surface area (Å²) in [6.07, 6.45) is 4.10. The van der Waals surface area contributed by atoms with Crippen molar-refractivity contribution < 1.29 is 18.9 Å². The van der Waals surface area contributed by atoms with Gasteiger partial charge in [-0.25, -0.2) is 0 Å². The van der Waals surface area contributed by atoms with Crippen LogP contribution in [0.1, 0.15) is 48.3 Å². The number of hydrogen-bond acceptors (Lipinski definition) is 7. The van der Waals surface area contributed by atoms with E-state index < -0.39 is 18.1 Å². The van der Waals surface area contributed by atoms with Gasteiger partial charge in [-0.2, -0.15) is 0 Å². The molecule has 3 rings (SSSR count). The number of nitrogens with zero attached hydrogens (tertiary/aromatic N) is 3. The van der Waals surface area contributed by atoms with E-state index in [2.05, 4.69) is 20.8 Å². The highest BCUT2D eigenvalue weighted by Crippen LogP contribution is 2.20. The number of guanidine groups is 1. The third-order valence-electron chi connectivity index (χ3n) is 6.83. The SMILES string of the molecule is Cc1noc(C)c1CCN[C@H](Cc1ccccc1)C(=O)N1CCC[C@H]1C(=O)N[C@H](C=O)CCCN=C(N)N. The molecule has 11 nitrogen and oxygen atoms in total. The van der Waals surface area contributed by atoms with Gasteiger partial charge in [0.2, 0.25) is 11.8 Å². The minimum atomic E-state index is -0.664. The second-order valence-electron chi connectivity index (χ2n) is 9.64. The molecular weight excluding hydrogens is 486 g/mol. The van der Waals surface area contributed by atoms with Crippen molar-refractivity contribution in [1.82, 2.24) is 20.7 Å². The molecule has 1 aliphatic rings. The van der Waals surface area contributed by atoms with Crippen LogP contribution in [-0.2, 0) is 27.2 Å². The Morgan fingerprint density at radius 3 is 2.68 bits per heavy atom. The molecule has 0 aliphatic carbocycles. The standard InChI is InChI=1S/C27H39N7O4/c1-18-22(19(2)38-33-18)12-14-30-23(16-20-8-4-3-5-9-20)26(37)34-15-7-11-24(34)25(36)32-21(17-35)10-6-13-31-27(28)29/h3-5,8-9,17,21,23-24,30H,6-7,10-16H2,1-2H3,(H,32,36)(H4,28,29,31)/t21-,23+,24-/m0/s1. The van der Waals surface area contributed by atoms with Crippen LogP contribution in [0.25, 0.3) is 0 Å². The highest BCUT2D eigenvalue weighted by atomic mass is 16.5. The fourth-order valence-electron chi connectivity index (χ4n) is 4.80. The minimum Gasteiger partial charge on any atom is -0.370 e. The van der Waals surface area contributed by atoms with Gasteiger partial charge in [0.05, 0.1) is 17.8 Å². The van der Waals surface area contributed by atoms with Gasteiger partial charge >= 0.3 is 0 Å². The van der Waals surface area contributed by atoms with E-state index in [-0.39, 0.29) is 17.8 Å². The maximum absolute atomic E-state index is 13.8. The third kappa shape index (κ3) is 8.14. The summed E-state index contributed by atoms with van der Waals surface area (Å²) in [5, 5.41) is 10.2. The number of nitrogens with one attached hydrogen (secondary N) is 2. The predicted octanol–water partition coefficient (Wildman–Crippen LogP) is 0.763. The lowest BCUT2D eigenvalue weighted by atomic mass is 10.0. The smallest absolute Gasteiger partial charge is 0.243 e. The molecule has 2 amide bonds.